The highest BCUT2D eigenvalue weighted by atomic mass is 16.3. The third kappa shape index (κ3) is 2.57. The SMILES string of the molecule is CC(=O)C1=C(O)[C@]2(O)C(=O)C3=C(O)c4c(ccc(C)c4O)[C@@H](C)[C@]3(C)[C@@H](C)[C@]2(C)C(C(C)C)C1=O. The highest BCUT2D eigenvalue weighted by Gasteiger charge is 2.75. The first kappa shape index (κ1) is 25.2. The molecule has 188 valence electrons. The number of hydrogen-bond acceptors (Lipinski definition) is 7. The molecule has 0 saturated heterocycles. The highest BCUT2D eigenvalue weighted by molar-refractivity contribution is 6.24. The second-order valence-corrected chi connectivity index (χ2v) is 11.3. The fourth-order valence-corrected chi connectivity index (χ4v) is 7.46. The average molecular weight is 483 g/mol. The van der Waals surface area contributed by atoms with Gasteiger partial charge in [0.25, 0.3) is 0 Å². The molecule has 1 saturated carbocycles. The number of rotatable bonds is 2. The molecule has 0 aromatic heterocycles. The van der Waals surface area contributed by atoms with Crippen molar-refractivity contribution in [3.05, 3.63) is 45.7 Å². The van der Waals surface area contributed by atoms with E-state index in [9.17, 15) is 34.8 Å². The third-order valence-corrected chi connectivity index (χ3v) is 9.70. The number of ketones is 3. The average Bonchev–Trinajstić information content (AvgIpc) is 2.75. The van der Waals surface area contributed by atoms with Gasteiger partial charge in [-0.15, -0.1) is 0 Å². The van der Waals surface area contributed by atoms with Crippen LogP contribution in [0.5, 0.6) is 5.75 Å². The standard InChI is InChI=1S/C28H34O7/c1-11(2)19-22(31)17(14(5)29)24(33)28(35)25(34)20-23(32)18-16(10-9-12(3)21(18)30)13(4)26(20,7)15(6)27(19,28)8/h9-11,13,15,19,30,32-33,35H,1-8H3/t13-,15-,19?,26-,27-,28+/m1/s1. The number of aliphatic hydroxyl groups excluding tert-OH is 2. The highest BCUT2D eigenvalue weighted by Crippen LogP contribution is 2.70. The molecule has 1 aromatic carbocycles. The molecule has 0 amide bonds. The zero-order valence-corrected chi connectivity index (χ0v) is 21.5. The minimum atomic E-state index is -2.62. The lowest BCUT2D eigenvalue weighted by molar-refractivity contribution is -0.195. The number of phenolic OH excluding ortho intramolecular Hbond substituents is 1. The van der Waals surface area contributed by atoms with Gasteiger partial charge in [0.2, 0.25) is 5.78 Å². The summed E-state index contributed by atoms with van der Waals surface area (Å²) in [4.78, 5) is 40.4. The van der Waals surface area contributed by atoms with Crippen molar-refractivity contribution in [2.75, 3.05) is 0 Å². The van der Waals surface area contributed by atoms with Gasteiger partial charge in [-0.25, -0.2) is 0 Å². The topological polar surface area (TPSA) is 132 Å². The number of carbonyl (C=O) groups is 3. The monoisotopic (exact) mass is 482 g/mol. The number of aryl methyl sites for hydroxylation is 1. The van der Waals surface area contributed by atoms with E-state index in [0.29, 0.717) is 11.1 Å². The summed E-state index contributed by atoms with van der Waals surface area (Å²) >= 11 is 0. The summed E-state index contributed by atoms with van der Waals surface area (Å²) in [5.74, 6) is -6.17. The molecule has 3 aliphatic carbocycles. The number of hydrogen-bond donors (Lipinski definition) is 4. The van der Waals surface area contributed by atoms with Gasteiger partial charge in [-0.05, 0) is 42.7 Å². The Hall–Kier alpha value is -2.93. The number of aromatic hydroxyl groups is 1. The minimum absolute atomic E-state index is 0.114. The Bertz CT molecular complexity index is 1270. The zero-order valence-electron chi connectivity index (χ0n) is 21.5. The van der Waals surface area contributed by atoms with Crippen LogP contribution in [0.15, 0.2) is 29.0 Å². The predicted molar refractivity (Wildman–Crippen MR) is 130 cm³/mol. The second-order valence-electron chi connectivity index (χ2n) is 11.3. The smallest absolute Gasteiger partial charge is 0.203 e. The van der Waals surface area contributed by atoms with Gasteiger partial charge in [0.05, 0.1) is 5.56 Å². The molecule has 0 aliphatic heterocycles. The first-order valence-electron chi connectivity index (χ1n) is 12.0. The molecule has 3 aliphatic rings. The van der Waals surface area contributed by atoms with Crippen LogP contribution in [0.4, 0.5) is 0 Å². The van der Waals surface area contributed by atoms with E-state index in [1.54, 1.807) is 33.8 Å². The fraction of sp³-hybridized carbons (Fsp3) is 0.536. The van der Waals surface area contributed by atoms with Crippen LogP contribution in [0.2, 0.25) is 0 Å². The Morgan fingerprint density at radius 1 is 1.06 bits per heavy atom. The van der Waals surface area contributed by atoms with E-state index in [1.165, 1.54) is 0 Å². The number of Topliss-reactive ketones (excluding diaryl/α,β-unsaturated/α-hetero) is 3. The summed E-state index contributed by atoms with van der Waals surface area (Å²) in [7, 11) is 0. The number of carbonyl (C=O) groups excluding carboxylic acids is 3. The van der Waals surface area contributed by atoms with E-state index in [1.807, 2.05) is 26.8 Å². The zero-order chi connectivity index (χ0) is 26.6. The molecule has 35 heavy (non-hydrogen) atoms. The lowest BCUT2D eigenvalue weighted by Crippen LogP contribution is -2.72. The quantitative estimate of drug-likeness (QED) is 0.462. The summed E-state index contributed by atoms with van der Waals surface area (Å²) in [5, 5.41) is 45.7. The van der Waals surface area contributed by atoms with Crippen LogP contribution in [0.1, 0.15) is 71.1 Å². The Balaban J connectivity index is 2.19. The second kappa shape index (κ2) is 7.29. The van der Waals surface area contributed by atoms with E-state index in [0.717, 1.165) is 6.92 Å². The Kier molecular flexibility index (Phi) is 5.24. The van der Waals surface area contributed by atoms with Gasteiger partial charge in [0, 0.05) is 22.3 Å². The van der Waals surface area contributed by atoms with Crippen LogP contribution >= 0.6 is 0 Å². The number of fused-ring (bicyclic) bond motifs is 3. The van der Waals surface area contributed by atoms with Gasteiger partial charge in [-0.3, -0.25) is 14.4 Å². The van der Waals surface area contributed by atoms with Crippen molar-refractivity contribution in [1.29, 1.82) is 0 Å². The summed E-state index contributed by atoms with van der Waals surface area (Å²) in [5.41, 5.74) is -4.56. The first-order valence-corrected chi connectivity index (χ1v) is 12.0. The van der Waals surface area contributed by atoms with Gasteiger partial charge in [-0.2, -0.15) is 0 Å². The van der Waals surface area contributed by atoms with Crippen molar-refractivity contribution in [3.8, 4) is 5.75 Å². The predicted octanol–water partition coefficient (Wildman–Crippen LogP) is 4.31. The Morgan fingerprint density at radius 2 is 1.63 bits per heavy atom. The number of aliphatic hydroxyl groups is 3. The summed E-state index contributed by atoms with van der Waals surface area (Å²) in [6, 6.07) is 3.55. The Labute approximate surface area is 205 Å². The summed E-state index contributed by atoms with van der Waals surface area (Å²) in [6.07, 6.45) is 0. The van der Waals surface area contributed by atoms with Crippen molar-refractivity contribution in [2.24, 2.45) is 28.6 Å². The molecule has 1 aromatic rings. The summed E-state index contributed by atoms with van der Waals surface area (Å²) in [6.45, 7) is 13.5. The molecule has 0 spiro atoms. The van der Waals surface area contributed by atoms with E-state index in [2.05, 4.69) is 0 Å². The van der Waals surface area contributed by atoms with Gasteiger partial charge < -0.3 is 20.4 Å². The van der Waals surface area contributed by atoms with Crippen LogP contribution in [0.3, 0.4) is 0 Å². The maximum absolute atomic E-state index is 14.3. The van der Waals surface area contributed by atoms with Crippen LogP contribution in [0, 0.1) is 35.5 Å². The van der Waals surface area contributed by atoms with Gasteiger partial charge in [0.15, 0.2) is 17.2 Å². The van der Waals surface area contributed by atoms with E-state index in [-0.39, 0.29) is 22.8 Å². The normalized spacial score (nSPS) is 36.8. The van der Waals surface area contributed by atoms with Crippen molar-refractivity contribution in [2.45, 2.75) is 66.9 Å². The van der Waals surface area contributed by atoms with Crippen molar-refractivity contribution >= 4 is 23.1 Å². The van der Waals surface area contributed by atoms with E-state index in [4.69, 9.17) is 0 Å². The van der Waals surface area contributed by atoms with Crippen LogP contribution in [-0.4, -0.2) is 43.4 Å². The summed E-state index contributed by atoms with van der Waals surface area (Å²) < 4.78 is 0. The van der Waals surface area contributed by atoms with Gasteiger partial charge in [-0.1, -0.05) is 53.7 Å². The number of benzene rings is 1. The first-order chi connectivity index (χ1) is 16.0. The molecule has 7 nitrogen and oxygen atoms in total. The Morgan fingerprint density at radius 3 is 2.14 bits per heavy atom. The molecule has 4 N–H and O–H groups in total. The van der Waals surface area contributed by atoms with Crippen LogP contribution in [-0.2, 0) is 14.4 Å². The molecular weight excluding hydrogens is 448 g/mol. The van der Waals surface area contributed by atoms with Crippen LogP contribution in [0.25, 0.3) is 5.76 Å². The third-order valence-electron chi connectivity index (χ3n) is 9.70. The lowest BCUT2D eigenvalue weighted by Gasteiger charge is -2.64. The molecular formula is C28H34O7. The molecule has 1 fully saturated rings. The largest absolute Gasteiger partial charge is 0.508 e. The minimum Gasteiger partial charge on any atom is -0.508 e. The molecule has 7 heteroatoms. The van der Waals surface area contributed by atoms with E-state index < -0.39 is 68.6 Å². The molecule has 0 radical (unpaired) electrons. The van der Waals surface area contributed by atoms with Crippen molar-refractivity contribution in [1.82, 2.24) is 0 Å². The molecule has 4 rings (SSSR count). The molecule has 6 atom stereocenters. The number of allylic oxidation sites excluding steroid dienone is 1. The maximum Gasteiger partial charge on any atom is 0.203 e. The van der Waals surface area contributed by atoms with E-state index >= 15 is 0 Å². The number of phenols is 1. The van der Waals surface area contributed by atoms with Gasteiger partial charge >= 0.3 is 0 Å². The lowest BCUT2D eigenvalue weighted by atomic mass is 9.38. The van der Waals surface area contributed by atoms with Crippen molar-refractivity contribution < 1.29 is 34.8 Å². The molecule has 0 heterocycles. The molecule has 0 bridgehead atoms. The van der Waals surface area contributed by atoms with Crippen LogP contribution < -0.4 is 0 Å². The fourth-order valence-electron chi connectivity index (χ4n) is 7.46. The van der Waals surface area contributed by atoms with Gasteiger partial charge in [0.1, 0.15) is 22.8 Å². The molecule has 1 unspecified atom stereocenters. The van der Waals surface area contributed by atoms with Crippen molar-refractivity contribution in [3.63, 3.8) is 0 Å². The maximum atomic E-state index is 14.3.